The maximum atomic E-state index is 12.6. The van der Waals surface area contributed by atoms with Crippen LogP contribution < -0.4 is 9.46 Å². The number of H-pyrrole nitrogens is 1. The molecular weight excluding hydrogens is 468 g/mol. The molecule has 0 atom stereocenters. The molecule has 1 amide bonds. The second-order valence-corrected chi connectivity index (χ2v) is 10.1. The Morgan fingerprint density at radius 3 is 2.47 bits per heavy atom. The number of halogens is 1. The van der Waals surface area contributed by atoms with Crippen molar-refractivity contribution in [2.75, 3.05) is 12.9 Å². The fraction of sp³-hybridized carbons (Fsp3) is 0.318. The quantitative estimate of drug-likeness (QED) is 0.473. The molecule has 3 aromatic rings. The number of rotatable bonds is 7. The Labute approximate surface area is 185 Å². The van der Waals surface area contributed by atoms with Crippen LogP contribution in [0.5, 0.6) is 5.75 Å². The molecule has 2 aromatic carbocycles. The Bertz CT molecular complexity index is 1190. The molecule has 160 valence electrons. The van der Waals surface area contributed by atoms with Gasteiger partial charge >= 0.3 is 0 Å². The van der Waals surface area contributed by atoms with Crippen molar-refractivity contribution in [1.29, 1.82) is 0 Å². The van der Waals surface area contributed by atoms with Crippen molar-refractivity contribution in [1.82, 2.24) is 9.71 Å². The highest BCUT2D eigenvalue weighted by molar-refractivity contribution is 9.10. The van der Waals surface area contributed by atoms with Crippen LogP contribution in [0.3, 0.4) is 0 Å². The molecule has 0 saturated carbocycles. The van der Waals surface area contributed by atoms with E-state index in [1.807, 2.05) is 35.1 Å². The fourth-order valence-corrected chi connectivity index (χ4v) is 4.50. The van der Waals surface area contributed by atoms with Crippen molar-refractivity contribution in [3.63, 3.8) is 0 Å². The van der Waals surface area contributed by atoms with Crippen LogP contribution >= 0.6 is 15.9 Å². The Kier molecular flexibility index (Phi) is 6.57. The summed E-state index contributed by atoms with van der Waals surface area (Å²) < 4.78 is 31.9. The van der Waals surface area contributed by atoms with Crippen LogP contribution in [0.25, 0.3) is 10.9 Å². The van der Waals surface area contributed by atoms with Crippen molar-refractivity contribution in [2.24, 2.45) is 0 Å². The lowest BCUT2D eigenvalue weighted by Crippen LogP contribution is -2.30. The number of aromatic amines is 1. The number of carbonyl (C=O) groups excluding carboxylic acids is 1. The number of ether oxygens (including phenoxy) is 1. The standard InChI is InChI=1S/C22H25BrN2O4S/c1-13-11-16(12-14(2)15(13)3)29-10-6-7-17-20-18(23)8-5-9-19(20)24-21(17)22(26)25-30(4,27)28/h5,8-9,11-12,24H,6-7,10H2,1-4H3,(H,25,26). The van der Waals surface area contributed by atoms with Gasteiger partial charge in [0.2, 0.25) is 10.0 Å². The van der Waals surface area contributed by atoms with Crippen molar-refractivity contribution >= 4 is 42.8 Å². The first kappa shape index (κ1) is 22.4. The first-order valence-electron chi connectivity index (χ1n) is 9.58. The molecule has 0 aliphatic carbocycles. The molecule has 1 aromatic heterocycles. The third kappa shape index (κ3) is 5.05. The SMILES string of the molecule is Cc1cc(OCCCc2c(C(=O)NS(C)(=O)=O)[nH]c3cccc(Br)c23)cc(C)c1C. The zero-order valence-corrected chi connectivity index (χ0v) is 19.8. The van der Waals surface area contributed by atoms with E-state index in [0.717, 1.165) is 32.9 Å². The summed E-state index contributed by atoms with van der Waals surface area (Å²) in [5, 5.41) is 0.873. The van der Waals surface area contributed by atoms with E-state index in [2.05, 4.69) is 41.7 Å². The van der Waals surface area contributed by atoms with Gasteiger partial charge in [0, 0.05) is 15.4 Å². The van der Waals surface area contributed by atoms with E-state index in [0.29, 0.717) is 19.4 Å². The van der Waals surface area contributed by atoms with Crippen molar-refractivity contribution in [2.45, 2.75) is 33.6 Å². The average molecular weight is 493 g/mol. The second-order valence-electron chi connectivity index (χ2n) is 7.48. The van der Waals surface area contributed by atoms with Gasteiger partial charge in [-0.15, -0.1) is 0 Å². The minimum Gasteiger partial charge on any atom is -0.494 e. The number of amides is 1. The number of hydrogen-bond donors (Lipinski definition) is 2. The van der Waals surface area contributed by atoms with Gasteiger partial charge in [0.05, 0.1) is 12.9 Å². The van der Waals surface area contributed by atoms with E-state index >= 15 is 0 Å². The van der Waals surface area contributed by atoms with Crippen LogP contribution in [0.1, 0.15) is 39.2 Å². The highest BCUT2D eigenvalue weighted by Gasteiger charge is 2.21. The molecule has 0 spiro atoms. The van der Waals surface area contributed by atoms with Gasteiger partial charge in [-0.25, -0.2) is 13.1 Å². The van der Waals surface area contributed by atoms with E-state index in [-0.39, 0.29) is 5.69 Å². The number of sulfonamides is 1. The number of benzene rings is 2. The predicted molar refractivity (Wildman–Crippen MR) is 123 cm³/mol. The molecule has 0 radical (unpaired) electrons. The third-order valence-corrected chi connectivity index (χ3v) is 6.34. The molecule has 0 aliphatic rings. The monoisotopic (exact) mass is 492 g/mol. The molecule has 0 unspecified atom stereocenters. The van der Waals surface area contributed by atoms with E-state index in [1.165, 1.54) is 16.7 Å². The van der Waals surface area contributed by atoms with Crippen LogP contribution in [0.2, 0.25) is 0 Å². The molecule has 8 heteroatoms. The van der Waals surface area contributed by atoms with Gasteiger partial charge in [0.25, 0.3) is 5.91 Å². The molecule has 2 N–H and O–H groups in total. The molecule has 0 bridgehead atoms. The summed E-state index contributed by atoms with van der Waals surface area (Å²) in [4.78, 5) is 15.6. The maximum Gasteiger partial charge on any atom is 0.281 e. The first-order valence-corrected chi connectivity index (χ1v) is 12.3. The van der Waals surface area contributed by atoms with E-state index in [4.69, 9.17) is 4.74 Å². The second kappa shape index (κ2) is 8.81. The molecule has 0 aliphatic heterocycles. The minimum atomic E-state index is -3.66. The summed E-state index contributed by atoms with van der Waals surface area (Å²) in [7, 11) is -3.66. The van der Waals surface area contributed by atoms with Gasteiger partial charge in [0.1, 0.15) is 11.4 Å². The lowest BCUT2D eigenvalue weighted by Gasteiger charge is -2.11. The van der Waals surface area contributed by atoms with Crippen LogP contribution in [0.4, 0.5) is 0 Å². The van der Waals surface area contributed by atoms with Gasteiger partial charge < -0.3 is 9.72 Å². The number of fused-ring (bicyclic) bond motifs is 1. The summed E-state index contributed by atoms with van der Waals surface area (Å²) in [6, 6.07) is 9.66. The Hall–Kier alpha value is -2.32. The van der Waals surface area contributed by atoms with E-state index in [1.54, 1.807) is 0 Å². The number of hydrogen-bond acceptors (Lipinski definition) is 4. The van der Waals surface area contributed by atoms with Crippen LogP contribution in [-0.2, 0) is 16.4 Å². The van der Waals surface area contributed by atoms with Gasteiger partial charge in [-0.05, 0) is 80.1 Å². The molecule has 0 saturated heterocycles. The van der Waals surface area contributed by atoms with Gasteiger partial charge in [-0.3, -0.25) is 4.79 Å². The topological polar surface area (TPSA) is 88.3 Å². The number of carbonyl (C=O) groups is 1. The van der Waals surface area contributed by atoms with E-state index in [9.17, 15) is 13.2 Å². The number of aromatic nitrogens is 1. The molecule has 3 rings (SSSR count). The molecule has 6 nitrogen and oxygen atoms in total. The molecule has 0 fully saturated rings. The van der Waals surface area contributed by atoms with Gasteiger partial charge in [0.15, 0.2) is 0 Å². The normalized spacial score (nSPS) is 11.6. The van der Waals surface area contributed by atoms with Crippen LogP contribution in [-0.4, -0.2) is 32.2 Å². The third-order valence-electron chi connectivity index (χ3n) is 5.12. The minimum absolute atomic E-state index is 0.254. The molecule has 30 heavy (non-hydrogen) atoms. The predicted octanol–water partition coefficient (Wildman–Crippen LogP) is 4.56. The van der Waals surface area contributed by atoms with Gasteiger partial charge in [-0.1, -0.05) is 22.0 Å². The first-order chi connectivity index (χ1) is 14.1. The average Bonchev–Trinajstić information content (AvgIpc) is 3.02. The number of nitrogens with one attached hydrogen (secondary N) is 2. The zero-order chi connectivity index (χ0) is 22.1. The fourth-order valence-electron chi connectivity index (χ4n) is 3.45. The largest absolute Gasteiger partial charge is 0.494 e. The summed E-state index contributed by atoms with van der Waals surface area (Å²) >= 11 is 3.54. The smallest absolute Gasteiger partial charge is 0.281 e. The van der Waals surface area contributed by atoms with Crippen molar-refractivity contribution < 1.29 is 17.9 Å². The molecular formula is C22H25BrN2O4S. The molecule has 1 heterocycles. The highest BCUT2D eigenvalue weighted by Crippen LogP contribution is 2.31. The van der Waals surface area contributed by atoms with Crippen molar-refractivity contribution in [3.8, 4) is 5.75 Å². The van der Waals surface area contributed by atoms with Gasteiger partial charge in [-0.2, -0.15) is 0 Å². The van der Waals surface area contributed by atoms with Crippen LogP contribution in [0, 0.1) is 20.8 Å². The lowest BCUT2D eigenvalue weighted by atomic mass is 10.0. The Morgan fingerprint density at radius 2 is 1.83 bits per heavy atom. The Morgan fingerprint density at radius 1 is 1.17 bits per heavy atom. The summed E-state index contributed by atoms with van der Waals surface area (Å²) in [6.45, 7) is 6.69. The summed E-state index contributed by atoms with van der Waals surface area (Å²) in [5.41, 5.74) is 5.41. The summed E-state index contributed by atoms with van der Waals surface area (Å²) in [5.74, 6) is 0.159. The maximum absolute atomic E-state index is 12.6. The van der Waals surface area contributed by atoms with E-state index < -0.39 is 15.9 Å². The highest BCUT2D eigenvalue weighted by atomic mass is 79.9. The summed E-state index contributed by atoms with van der Waals surface area (Å²) in [6.07, 6.45) is 2.18. The Balaban J connectivity index is 1.81. The number of aryl methyl sites for hydroxylation is 3. The zero-order valence-electron chi connectivity index (χ0n) is 17.4. The van der Waals surface area contributed by atoms with Crippen LogP contribution in [0.15, 0.2) is 34.8 Å². The lowest BCUT2D eigenvalue weighted by molar-refractivity contribution is 0.0976. The van der Waals surface area contributed by atoms with Crippen molar-refractivity contribution in [3.05, 3.63) is 62.8 Å².